The zero-order valence-electron chi connectivity index (χ0n) is 37.6. The first-order valence-electron chi connectivity index (χ1n) is 20.9. The van der Waals surface area contributed by atoms with Crippen LogP contribution in [0, 0.1) is 25.2 Å². The van der Waals surface area contributed by atoms with Crippen LogP contribution < -0.4 is 4.74 Å². The van der Waals surface area contributed by atoms with Gasteiger partial charge in [0, 0.05) is 27.8 Å². The van der Waals surface area contributed by atoms with Gasteiger partial charge in [-0.1, -0.05) is 35.6 Å². The molecule has 6 N–H and O–H groups in total. The van der Waals surface area contributed by atoms with Crippen molar-refractivity contribution >= 4 is 134 Å². The molecule has 25 nitrogen and oxygen atoms in total. The molecular weight excluding hydrogens is 1070 g/mol. The lowest BCUT2D eigenvalue weighted by Gasteiger charge is -2.12. The number of phenols is 1. The minimum atomic E-state index is -5.13. The molecule has 0 unspecified atom stereocenters. The number of azo groups is 3. The van der Waals surface area contributed by atoms with E-state index in [1.807, 2.05) is 6.07 Å². The number of hydrogen-bond acceptors (Lipinski definition) is 21. The van der Waals surface area contributed by atoms with Gasteiger partial charge in [-0.05, 0) is 85.8 Å². The molecule has 0 bridgehead atoms. The molecule has 0 amide bonds. The highest BCUT2D eigenvalue weighted by atomic mass is 32.2. The second kappa shape index (κ2) is 18.8. The van der Waals surface area contributed by atoms with Crippen LogP contribution in [0.3, 0.4) is 0 Å². The normalized spacial score (nSPS) is 13.0. The van der Waals surface area contributed by atoms with Crippen LogP contribution in [0.25, 0.3) is 48.4 Å². The second-order valence-electron chi connectivity index (χ2n) is 16.0. The highest BCUT2D eigenvalue weighted by molar-refractivity contribution is 7.86. The Balaban J connectivity index is 1.08. The van der Waals surface area contributed by atoms with Crippen molar-refractivity contribution in [1.29, 1.82) is 5.26 Å². The standard InChI is InChI=1S/C44H32N10O15S5/c1-21-16-33(35(69-14-5-15-71(57,58)59)19-32(21)50-53-44-47-38-36(73(63,64)65)17-23-8-9-24(72(60,61)62)18-27(23)40(38)70-44)51-48-30-12-11-26-25(39(30)55)10-13-31(41(26)74(66,67)68)49-52-37-22(2)28(20-45)42-46-29-6-3-4-7-34(29)54(42)43(37)56/h3-4,6-13,16-19,55-56H,5,14-15H2,1-2H3,(H,57,58,59)(H,60,61,62)(H,63,64,65)(H,66,67,68). The summed E-state index contributed by atoms with van der Waals surface area (Å²) in [6, 6.07) is 20.7. The number of aromatic nitrogens is 3. The van der Waals surface area contributed by atoms with E-state index in [9.17, 15) is 67.4 Å². The number of benzene rings is 6. The highest BCUT2D eigenvalue weighted by Gasteiger charge is 2.26. The summed E-state index contributed by atoms with van der Waals surface area (Å²) < 4.78 is 144. The number of imidazole rings is 1. The van der Waals surface area contributed by atoms with Gasteiger partial charge in [0.2, 0.25) is 11.0 Å². The number of ether oxygens (including phenoxy) is 1. The number of para-hydroxylation sites is 2. The molecule has 3 aromatic heterocycles. The molecule has 378 valence electrons. The fourth-order valence-corrected chi connectivity index (χ4v) is 11.3. The van der Waals surface area contributed by atoms with Crippen LogP contribution in [0.4, 0.5) is 33.6 Å². The van der Waals surface area contributed by atoms with Gasteiger partial charge < -0.3 is 14.9 Å². The average Bonchev–Trinajstić information content (AvgIpc) is 3.93. The summed E-state index contributed by atoms with van der Waals surface area (Å²) in [5.74, 6) is -1.83. The Kier molecular flexibility index (Phi) is 12.9. The van der Waals surface area contributed by atoms with E-state index in [1.165, 1.54) is 47.7 Å². The number of aryl methyl sites for hydroxylation is 1. The topological polar surface area (TPSA) is 395 Å². The number of phenolic OH excluding ortho intramolecular Hbond substituents is 1. The van der Waals surface area contributed by atoms with E-state index in [2.05, 4.69) is 40.7 Å². The summed E-state index contributed by atoms with van der Waals surface area (Å²) in [5, 5.41) is 57.5. The van der Waals surface area contributed by atoms with Crippen LogP contribution in [0.15, 0.2) is 130 Å². The van der Waals surface area contributed by atoms with Crippen LogP contribution in [-0.2, 0) is 40.5 Å². The van der Waals surface area contributed by atoms with Crippen molar-refractivity contribution < 1.29 is 66.8 Å². The van der Waals surface area contributed by atoms with Gasteiger partial charge in [0.15, 0.2) is 17.1 Å². The maximum atomic E-state index is 13.0. The summed E-state index contributed by atoms with van der Waals surface area (Å²) in [4.78, 5) is 6.77. The lowest BCUT2D eigenvalue weighted by molar-refractivity contribution is 0.317. The molecule has 6 aromatic carbocycles. The Bertz CT molecular complexity index is 4510. The Labute approximate surface area is 421 Å². The van der Waals surface area contributed by atoms with Gasteiger partial charge in [-0.15, -0.1) is 30.7 Å². The van der Waals surface area contributed by atoms with Crippen molar-refractivity contribution in [3.8, 4) is 23.4 Å². The van der Waals surface area contributed by atoms with Crippen LogP contribution in [0.1, 0.15) is 23.1 Å². The Hall–Kier alpha value is -7.99. The molecule has 0 aliphatic heterocycles. The molecule has 9 aromatic rings. The zero-order valence-corrected chi connectivity index (χ0v) is 41.7. The summed E-state index contributed by atoms with van der Waals surface area (Å²) in [6.07, 6.45) is -0.197. The SMILES string of the molecule is Cc1cc(N=Nc2ccc3c(S(=O)(=O)O)c(N=Nc4c(C)c(C#N)c5nc6ccccc6n5c4O)ccc3c2O)c(OCCCS(=O)(=O)O)cc1N=Nc1nc2c(S(=O)(=O)O)cc3ccc(S(=O)(=O)O)cc3c2s1. The number of nitrogens with zero attached hydrogens (tertiary/aromatic N) is 10. The fourth-order valence-electron chi connectivity index (χ4n) is 7.81. The monoisotopic (exact) mass is 1100 g/mol. The van der Waals surface area contributed by atoms with E-state index in [0.717, 1.165) is 35.6 Å². The fraction of sp³-hybridized carbons (Fsp3) is 0.114. The number of pyridine rings is 1. The molecule has 9 rings (SSSR count). The minimum absolute atomic E-state index is 0.0268. The van der Waals surface area contributed by atoms with Crippen molar-refractivity contribution in [3.05, 3.63) is 102 Å². The third-order valence-corrected chi connectivity index (χ3v) is 15.7. The van der Waals surface area contributed by atoms with E-state index < -0.39 is 78.2 Å². The Morgan fingerprint density at radius 3 is 2.09 bits per heavy atom. The predicted octanol–water partition coefficient (Wildman–Crippen LogP) is 9.95. The quantitative estimate of drug-likeness (QED) is 0.0335. The number of rotatable bonds is 14. The molecular formula is C44H32N10O15S5. The van der Waals surface area contributed by atoms with E-state index in [-0.39, 0.29) is 95.2 Å². The predicted molar refractivity (Wildman–Crippen MR) is 266 cm³/mol. The number of thiazole rings is 1. The van der Waals surface area contributed by atoms with Crippen molar-refractivity contribution in [2.45, 2.75) is 35.0 Å². The van der Waals surface area contributed by atoms with Gasteiger partial charge in [-0.25, -0.2) is 9.97 Å². The van der Waals surface area contributed by atoms with Gasteiger partial charge in [0.05, 0.1) is 38.7 Å². The van der Waals surface area contributed by atoms with Crippen molar-refractivity contribution in [3.63, 3.8) is 0 Å². The van der Waals surface area contributed by atoms with Gasteiger partial charge in [-0.3, -0.25) is 22.6 Å². The molecule has 0 aliphatic carbocycles. The molecule has 0 aliphatic rings. The van der Waals surface area contributed by atoms with Crippen LogP contribution in [0.5, 0.6) is 17.4 Å². The first-order valence-corrected chi connectivity index (χ1v) is 27.7. The minimum Gasteiger partial charge on any atom is -0.505 e. The molecule has 3 heterocycles. The molecule has 0 atom stereocenters. The van der Waals surface area contributed by atoms with Crippen molar-refractivity contribution in [2.24, 2.45) is 30.7 Å². The number of aromatic hydroxyl groups is 2. The lowest BCUT2D eigenvalue weighted by Crippen LogP contribution is -2.08. The molecule has 0 fully saturated rings. The van der Waals surface area contributed by atoms with Gasteiger partial charge in [0.25, 0.3) is 40.5 Å². The first kappa shape index (κ1) is 50.9. The first-order chi connectivity index (χ1) is 34.8. The Morgan fingerprint density at radius 2 is 1.39 bits per heavy atom. The summed E-state index contributed by atoms with van der Waals surface area (Å²) in [6.45, 7) is 2.75. The number of hydrogen-bond donors (Lipinski definition) is 6. The second-order valence-corrected chi connectivity index (χ2v) is 22.8. The van der Waals surface area contributed by atoms with Crippen LogP contribution >= 0.6 is 11.3 Å². The average molecular weight is 1100 g/mol. The lowest BCUT2D eigenvalue weighted by atomic mass is 10.1. The number of nitriles is 1. The molecule has 0 radical (unpaired) electrons. The highest BCUT2D eigenvalue weighted by Crippen LogP contribution is 2.45. The van der Waals surface area contributed by atoms with Crippen molar-refractivity contribution in [1.82, 2.24) is 14.4 Å². The molecule has 30 heteroatoms. The number of fused-ring (bicyclic) bond motifs is 7. The summed E-state index contributed by atoms with van der Waals surface area (Å²) >= 11 is 0.772. The van der Waals surface area contributed by atoms with Crippen molar-refractivity contribution in [2.75, 3.05) is 12.4 Å². The van der Waals surface area contributed by atoms with Gasteiger partial charge in [-0.2, -0.15) is 38.9 Å². The zero-order chi connectivity index (χ0) is 53.2. The molecule has 74 heavy (non-hydrogen) atoms. The molecule has 0 saturated heterocycles. The summed E-state index contributed by atoms with van der Waals surface area (Å²) in [5.41, 5.74) is 0.568. The van der Waals surface area contributed by atoms with Gasteiger partial charge >= 0.3 is 0 Å². The maximum absolute atomic E-state index is 13.0. The van der Waals surface area contributed by atoms with E-state index in [0.29, 0.717) is 16.6 Å². The van der Waals surface area contributed by atoms with Crippen LogP contribution in [-0.4, -0.2) is 88.8 Å². The third kappa shape index (κ3) is 9.80. The Morgan fingerprint density at radius 1 is 0.703 bits per heavy atom. The van der Waals surface area contributed by atoms with E-state index >= 15 is 0 Å². The van der Waals surface area contributed by atoms with Gasteiger partial charge in [0.1, 0.15) is 49.8 Å². The molecule has 0 spiro atoms. The largest absolute Gasteiger partial charge is 0.505 e. The third-order valence-electron chi connectivity index (χ3n) is 11.2. The summed E-state index contributed by atoms with van der Waals surface area (Å²) in [7, 11) is -19.1. The maximum Gasteiger partial charge on any atom is 0.297 e. The van der Waals surface area contributed by atoms with Crippen LogP contribution in [0.2, 0.25) is 0 Å². The smallest absolute Gasteiger partial charge is 0.297 e. The van der Waals surface area contributed by atoms with E-state index in [4.69, 9.17) is 4.74 Å². The molecule has 0 saturated carbocycles. The van der Waals surface area contributed by atoms with E-state index in [1.54, 1.807) is 31.2 Å².